The van der Waals surface area contributed by atoms with Crippen molar-refractivity contribution in [2.75, 3.05) is 26.2 Å². The number of carbonyl (C=O) groups is 1. The maximum Gasteiger partial charge on any atom is 0.335 e. The van der Waals surface area contributed by atoms with E-state index in [4.69, 9.17) is 16.6 Å². The summed E-state index contributed by atoms with van der Waals surface area (Å²) in [5.74, 6) is -0.879. The van der Waals surface area contributed by atoms with E-state index in [-0.39, 0.29) is 0 Å². The van der Waals surface area contributed by atoms with E-state index in [2.05, 4.69) is 5.32 Å². The summed E-state index contributed by atoms with van der Waals surface area (Å²) in [5.41, 5.74) is 10.7. The predicted octanol–water partition coefficient (Wildman–Crippen LogP) is -0.122. The Morgan fingerprint density at radius 2 is 1.62 bits per heavy atom. The van der Waals surface area contributed by atoms with E-state index in [1.54, 1.807) is 30.3 Å². The molecule has 0 unspecified atom stereocenters. The van der Waals surface area contributed by atoms with E-state index in [0.29, 0.717) is 18.7 Å². The van der Waals surface area contributed by atoms with Crippen LogP contribution in [0.1, 0.15) is 10.4 Å². The smallest absolute Gasteiger partial charge is 0.335 e. The maximum absolute atomic E-state index is 10.2. The third-order valence-electron chi connectivity index (χ3n) is 1.66. The van der Waals surface area contributed by atoms with E-state index in [0.717, 1.165) is 13.1 Å². The summed E-state index contributed by atoms with van der Waals surface area (Å²) in [4.78, 5) is 10.2. The Kier molecular flexibility index (Phi) is 9.20. The molecule has 5 nitrogen and oxygen atoms in total. The standard InChI is InChI=1S/C7H6O2.C4H13N3/c8-7(9)6-4-2-1-3-5-6;5-1-3-7-4-2-6/h1-5H,(H,8,9);7H,1-6H2. The normalized spacial score (nSPS) is 9.12. The zero-order chi connectivity index (χ0) is 12.2. The minimum absolute atomic E-state index is 0.331. The van der Waals surface area contributed by atoms with Crippen LogP contribution in [0.5, 0.6) is 0 Å². The van der Waals surface area contributed by atoms with Gasteiger partial charge in [-0.3, -0.25) is 0 Å². The number of benzene rings is 1. The van der Waals surface area contributed by atoms with Gasteiger partial charge in [-0.15, -0.1) is 0 Å². The zero-order valence-corrected chi connectivity index (χ0v) is 9.23. The Hall–Kier alpha value is -1.43. The van der Waals surface area contributed by atoms with Gasteiger partial charge in [-0.1, -0.05) is 18.2 Å². The lowest BCUT2D eigenvalue weighted by molar-refractivity contribution is 0.0697. The van der Waals surface area contributed by atoms with Gasteiger partial charge in [0, 0.05) is 26.2 Å². The molecule has 0 radical (unpaired) electrons. The molecule has 6 N–H and O–H groups in total. The highest BCUT2D eigenvalue weighted by Gasteiger charge is 1.96. The van der Waals surface area contributed by atoms with Gasteiger partial charge in [0.1, 0.15) is 0 Å². The molecule has 0 saturated carbocycles. The van der Waals surface area contributed by atoms with Gasteiger partial charge in [-0.05, 0) is 12.1 Å². The van der Waals surface area contributed by atoms with Crippen LogP contribution in [0.2, 0.25) is 0 Å². The number of hydrogen-bond donors (Lipinski definition) is 4. The van der Waals surface area contributed by atoms with Crippen LogP contribution in [-0.2, 0) is 0 Å². The van der Waals surface area contributed by atoms with Crippen LogP contribution in [0.15, 0.2) is 30.3 Å². The lowest BCUT2D eigenvalue weighted by Gasteiger charge is -1.95. The Morgan fingerprint density at radius 3 is 1.94 bits per heavy atom. The number of nitrogens with two attached hydrogens (primary N) is 2. The Labute approximate surface area is 95.4 Å². The molecule has 0 fully saturated rings. The van der Waals surface area contributed by atoms with Crippen molar-refractivity contribution in [2.24, 2.45) is 11.5 Å². The molecule has 0 amide bonds. The van der Waals surface area contributed by atoms with E-state index < -0.39 is 5.97 Å². The molecule has 0 aromatic heterocycles. The van der Waals surface area contributed by atoms with E-state index in [1.807, 2.05) is 0 Å². The molecule has 0 spiro atoms. The van der Waals surface area contributed by atoms with Crippen molar-refractivity contribution < 1.29 is 9.90 Å². The summed E-state index contributed by atoms with van der Waals surface area (Å²) in [6, 6.07) is 8.30. The first-order chi connectivity index (χ1) is 7.72. The number of aromatic carboxylic acids is 1. The SMILES string of the molecule is NCCNCCN.O=C(O)c1ccccc1. The maximum atomic E-state index is 10.2. The van der Waals surface area contributed by atoms with Crippen molar-refractivity contribution in [3.8, 4) is 0 Å². The van der Waals surface area contributed by atoms with Crippen molar-refractivity contribution in [1.82, 2.24) is 5.32 Å². The second-order valence-corrected chi connectivity index (χ2v) is 3.00. The summed E-state index contributed by atoms with van der Waals surface area (Å²) in [7, 11) is 0. The molecule has 90 valence electrons. The molecule has 0 aliphatic carbocycles. The molecule has 1 rings (SSSR count). The molecule has 0 aliphatic heterocycles. The van der Waals surface area contributed by atoms with Crippen molar-refractivity contribution in [2.45, 2.75) is 0 Å². The van der Waals surface area contributed by atoms with Crippen molar-refractivity contribution in [3.05, 3.63) is 35.9 Å². The fourth-order valence-electron chi connectivity index (χ4n) is 0.910. The molecule has 0 aliphatic rings. The lowest BCUT2D eigenvalue weighted by atomic mass is 10.2. The second kappa shape index (κ2) is 10.1. The Morgan fingerprint density at radius 1 is 1.12 bits per heavy atom. The van der Waals surface area contributed by atoms with Crippen molar-refractivity contribution in [1.29, 1.82) is 0 Å². The number of carboxylic acids is 1. The van der Waals surface area contributed by atoms with Gasteiger partial charge in [0.2, 0.25) is 0 Å². The zero-order valence-electron chi connectivity index (χ0n) is 9.23. The van der Waals surface area contributed by atoms with Gasteiger partial charge in [0.05, 0.1) is 5.56 Å². The van der Waals surface area contributed by atoms with Crippen molar-refractivity contribution in [3.63, 3.8) is 0 Å². The lowest BCUT2D eigenvalue weighted by Crippen LogP contribution is -2.27. The van der Waals surface area contributed by atoms with Crippen LogP contribution >= 0.6 is 0 Å². The van der Waals surface area contributed by atoms with Gasteiger partial charge in [0.25, 0.3) is 0 Å². The number of hydrogen-bond acceptors (Lipinski definition) is 4. The van der Waals surface area contributed by atoms with Gasteiger partial charge < -0.3 is 21.9 Å². The topological polar surface area (TPSA) is 101 Å². The van der Waals surface area contributed by atoms with Crippen molar-refractivity contribution >= 4 is 5.97 Å². The molecular formula is C11H19N3O2. The van der Waals surface area contributed by atoms with Crippen LogP contribution in [0.4, 0.5) is 0 Å². The fraction of sp³-hybridized carbons (Fsp3) is 0.364. The van der Waals surface area contributed by atoms with E-state index in [1.165, 1.54) is 0 Å². The average molecular weight is 225 g/mol. The summed E-state index contributed by atoms with van der Waals surface area (Å²) < 4.78 is 0. The molecule has 0 atom stereocenters. The largest absolute Gasteiger partial charge is 0.478 e. The first-order valence-electron chi connectivity index (χ1n) is 5.11. The summed E-state index contributed by atoms with van der Waals surface area (Å²) in [6.07, 6.45) is 0. The molecule has 0 saturated heterocycles. The van der Waals surface area contributed by atoms with E-state index in [9.17, 15) is 4.79 Å². The molecule has 16 heavy (non-hydrogen) atoms. The van der Waals surface area contributed by atoms with Gasteiger partial charge in [-0.25, -0.2) is 4.79 Å². The molecule has 1 aromatic carbocycles. The predicted molar refractivity (Wildman–Crippen MR) is 64.4 cm³/mol. The van der Waals surface area contributed by atoms with Gasteiger partial charge in [0.15, 0.2) is 0 Å². The minimum atomic E-state index is -0.879. The highest BCUT2D eigenvalue weighted by molar-refractivity contribution is 5.87. The molecular weight excluding hydrogens is 206 g/mol. The minimum Gasteiger partial charge on any atom is -0.478 e. The highest BCUT2D eigenvalue weighted by atomic mass is 16.4. The molecule has 0 heterocycles. The molecule has 0 bridgehead atoms. The first-order valence-corrected chi connectivity index (χ1v) is 5.11. The third-order valence-corrected chi connectivity index (χ3v) is 1.66. The van der Waals surface area contributed by atoms with Crippen LogP contribution in [0, 0.1) is 0 Å². The van der Waals surface area contributed by atoms with Crippen LogP contribution in [0.25, 0.3) is 0 Å². The van der Waals surface area contributed by atoms with Gasteiger partial charge in [-0.2, -0.15) is 0 Å². The number of carboxylic acid groups (broad SMARTS) is 1. The second-order valence-electron chi connectivity index (χ2n) is 3.00. The average Bonchev–Trinajstić information content (AvgIpc) is 2.32. The fourth-order valence-corrected chi connectivity index (χ4v) is 0.910. The van der Waals surface area contributed by atoms with Crippen LogP contribution in [-0.4, -0.2) is 37.3 Å². The Bertz CT molecular complexity index is 274. The summed E-state index contributed by atoms with van der Waals surface area (Å²) in [6.45, 7) is 3.13. The number of rotatable bonds is 5. The van der Waals surface area contributed by atoms with Crippen LogP contribution in [0.3, 0.4) is 0 Å². The number of nitrogens with one attached hydrogen (secondary N) is 1. The Balaban J connectivity index is 0.000000293. The van der Waals surface area contributed by atoms with Gasteiger partial charge >= 0.3 is 5.97 Å². The first kappa shape index (κ1) is 14.6. The monoisotopic (exact) mass is 225 g/mol. The molecule has 5 heteroatoms. The highest BCUT2D eigenvalue weighted by Crippen LogP contribution is 1.96. The summed E-state index contributed by atoms with van der Waals surface area (Å²) >= 11 is 0. The van der Waals surface area contributed by atoms with Crippen LogP contribution < -0.4 is 16.8 Å². The third kappa shape index (κ3) is 7.93. The summed E-state index contributed by atoms with van der Waals surface area (Å²) in [5, 5.41) is 11.4. The van der Waals surface area contributed by atoms with E-state index >= 15 is 0 Å². The molecule has 1 aromatic rings. The quantitative estimate of drug-likeness (QED) is 0.523.